The molecular weight excluding hydrogens is 400 g/mol. The number of carbonyl (C=O) groups excluding carboxylic acids is 2. The molecule has 2 aromatic rings. The highest BCUT2D eigenvalue weighted by Crippen LogP contribution is 2.22. The van der Waals surface area contributed by atoms with Gasteiger partial charge in [-0.05, 0) is 43.9 Å². The van der Waals surface area contributed by atoms with Gasteiger partial charge >= 0.3 is 0 Å². The molecule has 0 bridgehead atoms. The molecule has 0 fully saturated rings. The van der Waals surface area contributed by atoms with Crippen LogP contribution in [-0.2, 0) is 26.0 Å². The van der Waals surface area contributed by atoms with Crippen LogP contribution in [0.4, 0.5) is 5.69 Å². The lowest BCUT2D eigenvalue weighted by molar-refractivity contribution is -0.127. The van der Waals surface area contributed by atoms with Gasteiger partial charge in [0.15, 0.2) is 9.84 Å². The number of sulfone groups is 1. The van der Waals surface area contributed by atoms with E-state index in [2.05, 4.69) is 5.32 Å². The molecule has 2 amide bonds. The normalized spacial score (nSPS) is 11.2. The summed E-state index contributed by atoms with van der Waals surface area (Å²) in [6.45, 7) is 6.21. The summed E-state index contributed by atoms with van der Waals surface area (Å²) in [5.74, 6) is -1.42. The SMILES string of the molecule is Cc1cc(C)c(NC(=O)CCCS(=O)(=O)CC(=O)N(C)Cc2ccccc2)c(C)c1. The Kier molecular flexibility index (Phi) is 8.17. The molecule has 6 nitrogen and oxygen atoms in total. The van der Waals surface area contributed by atoms with Crippen molar-refractivity contribution < 1.29 is 18.0 Å². The second kappa shape index (κ2) is 10.4. The molecule has 162 valence electrons. The molecule has 0 spiro atoms. The Morgan fingerprint density at radius 2 is 1.60 bits per heavy atom. The third-order valence-electron chi connectivity index (χ3n) is 4.83. The number of benzene rings is 2. The Hall–Kier alpha value is -2.67. The quantitative estimate of drug-likeness (QED) is 0.661. The second-order valence-electron chi connectivity index (χ2n) is 7.75. The number of hydrogen-bond donors (Lipinski definition) is 1. The van der Waals surface area contributed by atoms with Crippen molar-refractivity contribution in [2.24, 2.45) is 0 Å². The summed E-state index contributed by atoms with van der Waals surface area (Å²) in [5, 5.41) is 2.87. The van der Waals surface area contributed by atoms with Gasteiger partial charge in [0.05, 0.1) is 5.75 Å². The molecule has 2 aromatic carbocycles. The summed E-state index contributed by atoms with van der Waals surface area (Å²) in [4.78, 5) is 25.9. The van der Waals surface area contributed by atoms with E-state index in [0.29, 0.717) is 6.54 Å². The molecule has 0 aliphatic heterocycles. The lowest BCUT2D eigenvalue weighted by atomic mass is 10.0. The van der Waals surface area contributed by atoms with Gasteiger partial charge < -0.3 is 10.2 Å². The lowest BCUT2D eigenvalue weighted by Gasteiger charge is -2.17. The first-order chi connectivity index (χ1) is 14.1. The third-order valence-corrected chi connectivity index (χ3v) is 6.43. The van der Waals surface area contributed by atoms with Gasteiger partial charge in [-0.2, -0.15) is 0 Å². The monoisotopic (exact) mass is 430 g/mol. The maximum Gasteiger partial charge on any atom is 0.237 e. The predicted octanol–water partition coefficient (Wildman–Crippen LogP) is 3.40. The molecular formula is C23H30N2O4S. The molecule has 0 radical (unpaired) electrons. The van der Waals surface area contributed by atoms with Crippen LogP contribution in [0.5, 0.6) is 0 Å². The molecule has 0 aromatic heterocycles. The topological polar surface area (TPSA) is 83.5 Å². The summed E-state index contributed by atoms with van der Waals surface area (Å²) in [7, 11) is -1.99. The highest BCUT2D eigenvalue weighted by molar-refractivity contribution is 7.92. The van der Waals surface area contributed by atoms with Crippen LogP contribution in [0.1, 0.15) is 35.1 Å². The summed E-state index contributed by atoms with van der Waals surface area (Å²) in [6, 6.07) is 13.4. The average molecular weight is 431 g/mol. The van der Waals surface area contributed by atoms with Crippen LogP contribution in [0.3, 0.4) is 0 Å². The maximum atomic E-state index is 12.3. The average Bonchev–Trinajstić information content (AvgIpc) is 2.65. The number of nitrogens with one attached hydrogen (secondary N) is 1. The number of carbonyl (C=O) groups is 2. The molecule has 30 heavy (non-hydrogen) atoms. The Labute approximate surface area is 179 Å². The first-order valence-corrected chi connectivity index (χ1v) is 11.8. The minimum Gasteiger partial charge on any atom is -0.341 e. The van der Waals surface area contributed by atoms with E-state index in [1.807, 2.05) is 63.2 Å². The molecule has 0 unspecified atom stereocenters. The van der Waals surface area contributed by atoms with Crippen LogP contribution in [0.25, 0.3) is 0 Å². The largest absolute Gasteiger partial charge is 0.341 e. The first kappa shape index (κ1) is 23.6. The van der Waals surface area contributed by atoms with Crippen LogP contribution in [-0.4, -0.2) is 43.7 Å². The first-order valence-electron chi connectivity index (χ1n) is 9.93. The Bertz CT molecular complexity index is 978. The van der Waals surface area contributed by atoms with Crippen molar-refractivity contribution in [3.63, 3.8) is 0 Å². The zero-order valence-electron chi connectivity index (χ0n) is 18.1. The molecule has 0 aliphatic carbocycles. The number of anilines is 1. The van der Waals surface area contributed by atoms with E-state index < -0.39 is 21.5 Å². The molecule has 1 N–H and O–H groups in total. The van der Waals surface area contributed by atoms with Crippen molar-refractivity contribution in [2.45, 2.75) is 40.2 Å². The van der Waals surface area contributed by atoms with E-state index >= 15 is 0 Å². The molecule has 2 rings (SSSR count). The van der Waals surface area contributed by atoms with Gasteiger partial charge in [0.25, 0.3) is 0 Å². The Morgan fingerprint density at radius 3 is 2.20 bits per heavy atom. The van der Waals surface area contributed by atoms with Crippen LogP contribution >= 0.6 is 0 Å². The van der Waals surface area contributed by atoms with Crippen LogP contribution < -0.4 is 5.32 Å². The zero-order valence-corrected chi connectivity index (χ0v) is 18.9. The van der Waals surface area contributed by atoms with E-state index in [9.17, 15) is 18.0 Å². The number of amides is 2. The fourth-order valence-electron chi connectivity index (χ4n) is 3.35. The predicted molar refractivity (Wildman–Crippen MR) is 120 cm³/mol. The zero-order chi connectivity index (χ0) is 22.3. The number of rotatable bonds is 9. The molecule has 0 aliphatic rings. The van der Waals surface area contributed by atoms with E-state index in [-0.39, 0.29) is 24.5 Å². The van der Waals surface area contributed by atoms with E-state index in [1.54, 1.807) is 7.05 Å². The maximum absolute atomic E-state index is 12.3. The summed E-state index contributed by atoms with van der Waals surface area (Å²) in [6.07, 6.45) is 0.258. The van der Waals surface area contributed by atoms with E-state index in [4.69, 9.17) is 0 Å². The smallest absolute Gasteiger partial charge is 0.237 e. The number of hydrogen-bond acceptors (Lipinski definition) is 4. The minimum atomic E-state index is -3.58. The second-order valence-corrected chi connectivity index (χ2v) is 9.94. The lowest BCUT2D eigenvalue weighted by Crippen LogP contribution is -2.33. The van der Waals surface area contributed by atoms with Gasteiger partial charge in [-0.3, -0.25) is 9.59 Å². The Balaban J connectivity index is 1.82. The van der Waals surface area contributed by atoms with Gasteiger partial charge in [0.1, 0.15) is 5.75 Å². The fraction of sp³-hybridized carbons (Fsp3) is 0.391. The molecule has 7 heteroatoms. The summed E-state index contributed by atoms with van der Waals surface area (Å²) >= 11 is 0. The minimum absolute atomic E-state index is 0.0834. The van der Waals surface area contributed by atoms with Gasteiger partial charge in [-0.25, -0.2) is 8.42 Å². The van der Waals surface area contributed by atoms with Crippen molar-refractivity contribution in [1.29, 1.82) is 0 Å². The standard InChI is InChI=1S/C23H30N2O4S/c1-17-13-18(2)23(19(3)14-17)24-21(26)11-8-12-30(28,29)16-22(27)25(4)15-20-9-6-5-7-10-20/h5-7,9-10,13-14H,8,11-12,15-16H2,1-4H3,(H,24,26). The van der Waals surface area contributed by atoms with Crippen molar-refractivity contribution in [3.8, 4) is 0 Å². The summed E-state index contributed by atoms with van der Waals surface area (Å²) in [5.41, 5.74) is 4.77. The Morgan fingerprint density at radius 1 is 1.00 bits per heavy atom. The van der Waals surface area contributed by atoms with Gasteiger partial charge in [0, 0.05) is 25.7 Å². The molecule has 0 heterocycles. The highest BCUT2D eigenvalue weighted by Gasteiger charge is 2.20. The van der Waals surface area contributed by atoms with E-state index in [0.717, 1.165) is 27.9 Å². The highest BCUT2D eigenvalue weighted by atomic mass is 32.2. The molecule has 0 atom stereocenters. The van der Waals surface area contributed by atoms with Crippen LogP contribution in [0.15, 0.2) is 42.5 Å². The number of nitrogens with zero attached hydrogens (tertiary/aromatic N) is 1. The van der Waals surface area contributed by atoms with Crippen molar-refractivity contribution in [3.05, 3.63) is 64.7 Å². The van der Waals surface area contributed by atoms with Gasteiger partial charge in [-0.15, -0.1) is 0 Å². The van der Waals surface area contributed by atoms with Crippen LogP contribution in [0.2, 0.25) is 0 Å². The van der Waals surface area contributed by atoms with Gasteiger partial charge in [0.2, 0.25) is 11.8 Å². The number of aryl methyl sites for hydroxylation is 3. The van der Waals surface area contributed by atoms with Crippen molar-refractivity contribution >= 4 is 27.3 Å². The fourth-order valence-corrected chi connectivity index (χ4v) is 4.67. The molecule has 0 saturated heterocycles. The van der Waals surface area contributed by atoms with Crippen molar-refractivity contribution in [2.75, 3.05) is 23.9 Å². The van der Waals surface area contributed by atoms with E-state index in [1.165, 1.54) is 4.90 Å². The van der Waals surface area contributed by atoms with Crippen LogP contribution in [0, 0.1) is 20.8 Å². The summed E-state index contributed by atoms with van der Waals surface area (Å²) < 4.78 is 24.6. The third kappa shape index (κ3) is 7.30. The van der Waals surface area contributed by atoms with Crippen molar-refractivity contribution in [1.82, 2.24) is 4.90 Å². The molecule has 0 saturated carbocycles. The van der Waals surface area contributed by atoms with Gasteiger partial charge in [-0.1, -0.05) is 48.0 Å².